The molecule has 0 saturated heterocycles. The van der Waals surface area contributed by atoms with Gasteiger partial charge >= 0.3 is 0 Å². The highest BCUT2D eigenvalue weighted by atomic mass is 16.5. The van der Waals surface area contributed by atoms with E-state index in [0.29, 0.717) is 24.7 Å². The van der Waals surface area contributed by atoms with Crippen LogP contribution in [0, 0.1) is 0 Å². The van der Waals surface area contributed by atoms with Crippen LogP contribution in [0.2, 0.25) is 0 Å². The first-order chi connectivity index (χ1) is 16.6. The third-order valence-electron chi connectivity index (χ3n) is 6.05. The number of aromatic nitrogens is 2. The highest BCUT2D eigenvalue weighted by Gasteiger charge is 2.17. The standard InChI is InChI=1S/C27H32N4O3/c1-4-19(2)29-27(32)25-18-34-26(30-25)17-31(16-20-8-7-9-22(14-20)33-3)13-12-21-15-28-24-11-6-5-10-23(21)24/h5-11,14-15,18-19,28H,4,12-13,16-17H2,1-3H3,(H,29,32). The number of carbonyl (C=O) groups excluding carboxylic acids is 1. The Morgan fingerprint density at radius 1 is 1.21 bits per heavy atom. The second-order valence-corrected chi connectivity index (χ2v) is 8.58. The predicted octanol–water partition coefficient (Wildman–Crippen LogP) is 4.94. The Kier molecular flexibility index (Phi) is 7.65. The molecule has 0 aliphatic carbocycles. The molecule has 2 aromatic carbocycles. The topological polar surface area (TPSA) is 83.4 Å². The summed E-state index contributed by atoms with van der Waals surface area (Å²) in [5.74, 6) is 1.15. The summed E-state index contributed by atoms with van der Waals surface area (Å²) in [6.45, 7) is 6.01. The number of aromatic amines is 1. The van der Waals surface area contributed by atoms with Gasteiger partial charge in [-0.1, -0.05) is 37.3 Å². The van der Waals surface area contributed by atoms with Crippen LogP contribution in [0.1, 0.15) is 47.8 Å². The molecule has 2 aromatic heterocycles. The van der Waals surface area contributed by atoms with Gasteiger partial charge in [0, 0.05) is 36.2 Å². The summed E-state index contributed by atoms with van der Waals surface area (Å²) < 4.78 is 11.1. The monoisotopic (exact) mass is 460 g/mol. The number of H-pyrrole nitrogens is 1. The maximum absolute atomic E-state index is 12.4. The molecule has 1 amide bonds. The first-order valence-electron chi connectivity index (χ1n) is 11.7. The average Bonchev–Trinajstić information content (AvgIpc) is 3.50. The van der Waals surface area contributed by atoms with Gasteiger partial charge in [-0.3, -0.25) is 9.69 Å². The second kappa shape index (κ2) is 11.0. The lowest BCUT2D eigenvalue weighted by Gasteiger charge is -2.21. The van der Waals surface area contributed by atoms with E-state index in [1.54, 1.807) is 7.11 Å². The lowest BCUT2D eigenvalue weighted by atomic mass is 10.1. The molecule has 1 atom stereocenters. The number of nitrogens with one attached hydrogen (secondary N) is 2. The zero-order valence-electron chi connectivity index (χ0n) is 20.0. The van der Waals surface area contributed by atoms with E-state index in [9.17, 15) is 4.79 Å². The minimum absolute atomic E-state index is 0.0911. The molecule has 34 heavy (non-hydrogen) atoms. The van der Waals surface area contributed by atoms with Crippen molar-refractivity contribution >= 4 is 16.8 Å². The maximum Gasteiger partial charge on any atom is 0.273 e. The quantitative estimate of drug-likeness (QED) is 0.331. The second-order valence-electron chi connectivity index (χ2n) is 8.58. The van der Waals surface area contributed by atoms with Gasteiger partial charge in [0.2, 0.25) is 5.89 Å². The molecule has 0 saturated carbocycles. The van der Waals surface area contributed by atoms with Gasteiger partial charge < -0.3 is 19.5 Å². The molecule has 0 aliphatic rings. The normalized spacial score (nSPS) is 12.2. The lowest BCUT2D eigenvalue weighted by Crippen LogP contribution is -2.32. The van der Waals surface area contributed by atoms with Crippen molar-refractivity contribution in [3.05, 3.63) is 83.7 Å². The molecule has 2 heterocycles. The minimum atomic E-state index is -0.206. The fraction of sp³-hybridized carbons (Fsp3) is 0.333. The summed E-state index contributed by atoms with van der Waals surface area (Å²) in [5, 5.41) is 4.17. The van der Waals surface area contributed by atoms with E-state index in [1.807, 2.05) is 38.1 Å². The molecule has 0 fully saturated rings. The number of rotatable bonds is 11. The highest BCUT2D eigenvalue weighted by molar-refractivity contribution is 5.92. The van der Waals surface area contributed by atoms with Crippen molar-refractivity contribution < 1.29 is 13.9 Å². The molecular weight excluding hydrogens is 428 g/mol. The van der Waals surface area contributed by atoms with Crippen LogP contribution in [0.25, 0.3) is 10.9 Å². The third kappa shape index (κ3) is 5.85. The number of para-hydroxylation sites is 1. The van der Waals surface area contributed by atoms with Crippen molar-refractivity contribution in [2.75, 3.05) is 13.7 Å². The summed E-state index contributed by atoms with van der Waals surface area (Å²) in [4.78, 5) is 22.5. The van der Waals surface area contributed by atoms with Crippen LogP contribution in [0.3, 0.4) is 0 Å². The molecule has 0 spiro atoms. The van der Waals surface area contributed by atoms with Crippen molar-refractivity contribution in [2.24, 2.45) is 0 Å². The Morgan fingerprint density at radius 2 is 2.06 bits per heavy atom. The van der Waals surface area contributed by atoms with Gasteiger partial charge in [-0.15, -0.1) is 0 Å². The largest absolute Gasteiger partial charge is 0.497 e. The van der Waals surface area contributed by atoms with Gasteiger partial charge in [-0.05, 0) is 49.1 Å². The number of amides is 1. The number of ether oxygens (including phenoxy) is 1. The van der Waals surface area contributed by atoms with Crippen LogP contribution in [-0.4, -0.2) is 40.5 Å². The van der Waals surface area contributed by atoms with E-state index in [4.69, 9.17) is 9.15 Å². The summed E-state index contributed by atoms with van der Waals surface area (Å²) >= 11 is 0. The molecule has 1 unspecified atom stereocenters. The Hall–Kier alpha value is -3.58. The van der Waals surface area contributed by atoms with Crippen molar-refractivity contribution in [3.63, 3.8) is 0 Å². The SMILES string of the molecule is CCC(C)NC(=O)c1coc(CN(CCc2c[nH]c3ccccc23)Cc2cccc(OC)c2)n1. The summed E-state index contributed by atoms with van der Waals surface area (Å²) in [6.07, 6.45) is 5.25. The van der Waals surface area contributed by atoms with Crippen LogP contribution < -0.4 is 10.1 Å². The Labute approximate surface area is 200 Å². The molecule has 4 rings (SSSR count). The van der Waals surface area contributed by atoms with Crippen molar-refractivity contribution in [2.45, 2.75) is 45.8 Å². The number of methoxy groups -OCH3 is 1. The summed E-state index contributed by atoms with van der Waals surface area (Å²) in [5.41, 5.74) is 3.86. The van der Waals surface area contributed by atoms with E-state index < -0.39 is 0 Å². The first kappa shape index (κ1) is 23.6. The Bertz CT molecular complexity index is 1230. The third-order valence-corrected chi connectivity index (χ3v) is 6.05. The predicted molar refractivity (Wildman–Crippen MR) is 133 cm³/mol. The molecule has 7 heteroatoms. The summed E-state index contributed by atoms with van der Waals surface area (Å²) in [7, 11) is 1.67. The number of fused-ring (bicyclic) bond motifs is 1. The van der Waals surface area contributed by atoms with Crippen LogP contribution >= 0.6 is 0 Å². The number of hydrogen-bond donors (Lipinski definition) is 2. The maximum atomic E-state index is 12.4. The van der Waals surface area contributed by atoms with E-state index in [0.717, 1.165) is 36.2 Å². The highest BCUT2D eigenvalue weighted by Crippen LogP contribution is 2.20. The number of oxazole rings is 1. The van der Waals surface area contributed by atoms with Gasteiger partial charge in [0.05, 0.1) is 13.7 Å². The lowest BCUT2D eigenvalue weighted by molar-refractivity contribution is 0.0934. The molecule has 0 radical (unpaired) electrons. The molecule has 2 N–H and O–H groups in total. The molecule has 0 bridgehead atoms. The van der Waals surface area contributed by atoms with E-state index in [1.165, 1.54) is 17.2 Å². The van der Waals surface area contributed by atoms with Gasteiger partial charge in [0.15, 0.2) is 5.69 Å². The van der Waals surface area contributed by atoms with Gasteiger partial charge in [-0.25, -0.2) is 4.98 Å². The fourth-order valence-corrected chi connectivity index (χ4v) is 3.94. The van der Waals surface area contributed by atoms with E-state index in [2.05, 4.69) is 50.6 Å². The zero-order valence-corrected chi connectivity index (χ0v) is 20.0. The number of benzene rings is 2. The average molecular weight is 461 g/mol. The Morgan fingerprint density at radius 3 is 2.88 bits per heavy atom. The van der Waals surface area contributed by atoms with E-state index in [-0.39, 0.29) is 11.9 Å². The van der Waals surface area contributed by atoms with Crippen molar-refractivity contribution in [1.29, 1.82) is 0 Å². The molecular formula is C27H32N4O3. The van der Waals surface area contributed by atoms with Gasteiger partial charge in [-0.2, -0.15) is 0 Å². The van der Waals surface area contributed by atoms with Crippen LogP contribution in [0.4, 0.5) is 0 Å². The number of carbonyl (C=O) groups is 1. The molecule has 4 aromatic rings. The minimum Gasteiger partial charge on any atom is -0.497 e. The van der Waals surface area contributed by atoms with Crippen LogP contribution in [0.5, 0.6) is 5.75 Å². The zero-order chi connectivity index (χ0) is 23.9. The van der Waals surface area contributed by atoms with Crippen LogP contribution in [-0.2, 0) is 19.5 Å². The fourth-order valence-electron chi connectivity index (χ4n) is 3.94. The Balaban J connectivity index is 1.49. The first-order valence-corrected chi connectivity index (χ1v) is 11.7. The summed E-state index contributed by atoms with van der Waals surface area (Å²) in [6, 6.07) is 16.5. The number of hydrogen-bond acceptors (Lipinski definition) is 5. The number of nitrogens with zero attached hydrogens (tertiary/aromatic N) is 2. The van der Waals surface area contributed by atoms with Gasteiger partial charge in [0.1, 0.15) is 12.0 Å². The van der Waals surface area contributed by atoms with Gasteiger partial charge in [0.25, 0.3) is 5.91 Å². The smallest absolute Gasteiger partial charge is 0.273 e. The molecule has 178 valence electrons. The molecule has 0 aliphatic heterocycles. The van der Waals surface area contributed by atoms with Crippen LogP contribution in [0.15, 0.2) is 65.4 Å². The molecule has 7 nitrogen and oxygen atoms in total. The van der Waals surface area contributed by atoms with E-state index >= 15 is 0 Å². The van der Waals surface area contributed by atoms with Crippen molar-refractivity contribution in [3.8, 4) is 5.75 Å². The van der Waals surface area contributed by atoms with Crippen molar-refractivity contribution in [1.82, 2.24) is 20.2 Å².